The zero-order valence-corrected chi connectivity index (χ0v) is 10.4. The number of carbonyl (C=O) groups is 1. The second kappa shape index (κ2) is 5.02. The molecular weight excluding hydrogens is 244 g/mol. The maximum Gasteiger partial charge on any atom is 0.197 e. The molecule has 0 aromatic heterocycles. The summed E-state index contributed by atoms with van der Waals surface area (Å²) in [7, 11) is 0. The van der Waals surface area contributed by atoms with Gasteiger partial charge >= 0.3 is 0 Å². The van der Waals surface area contributed by atoms with Crippen LogP contribution in [-0.2, 0) is 6.42 Å². The zero-order chi connectivity index (χ0) is 14.0. The van der Waals surface area contributed by atoms with E-state index >= 15 is 0 Å². The first kappa shape index (κ1) is 13.0. The lowest BCUT2D eigenvalue weighted by atomic mass is 9.98. The summed E-state index contributed by atoms with van der Waals surface area (Å²) < 4.78 is 0. The smallest absolute Gasteiger partial charge is 0.197 e. The van der Waals surface area contributed by atoms with Gasteiger partial charge in [-0.05, 0) is 12.5 Å². The maximum atomic E-state index is 12.2. The number of benzene rings is 2. The Morgan fingerprint density at radius 1 is 1.05 bits per heavy atom. The number of aromatic hydroxyl groups is 3. The molecule has 0 aliphatic carbocycles. The van der Waals surface area contributed by atoms with Crippen LogP contribution in [-0.4, -0.2) is 21.1 Å². The second-order valence-electron chi connectivity index (χ2n) is 4.17. The van der Waals surface area contributed by atoms with Gasteiger partial charge in [-0.25, -0.2) is 0 Å². The van der Waals surface area contributed by atoms with E-state index in [0.717, 1.165) is 0 Å². The molecule has 0 fully saturated rings. The van der Waals surface area contributed by atoms with Crippen LogP contribution >= 0.6 is 0 Å². The van der Waals surface area contributed by atoms with E-state index in [1.54, 1.807) is 37.3 Å². The average molecular weight is 258 g/mol. The van der Waals surface area contributed by atoms with E-state index in [0.29, 0.717) is 12.0 Å². The molecule has 0 unspecified atom stereocenters. The Bertz CT molecular complexity index is 618. The number of carbonyl (C=O) groups excluding carboxylic acids is 1. The van der Waals surface area contributed by atoms with E-state index in [4.69, 9.17) is 0 Å². The zero-order valence-electron chi connectivity index (χ0n) is 10.4. The Morgan fingerprint density at radius 2 is 1.68 bits per heavy atom. The van der Waals surface area contributed by atoms with Crippen LogP contribution in [0.25, 0.3) is 0 Å². The molecule has 0 saturated heterocycles. The summed E-state index contributed by atoms with van der Waals surface area (Å²) in [6, 6.07) is 9.55. The van der Waals surface area contributed by atoms with Crippen molar-refractivity contribution in [2.24, 2.45) is 0 Å². The van der Waals surface area contributed by atoms with Gasteiger partial charge in [0, 0.05) is 11.1 Å². The fourth-order valence-corrected chi connectivity index (χ4v) is 1.95. The Kier molecular flexibility index (Phi) is 3.42. The van der Waals surface area contributed by atoms with Crippen LogP contribution in [0, 0.1) is 0 Å². The van der Waals surface area contributed by atoms with Gasteiger partial charge in [-0.1, -0.05) is 37.3 Å². The van der Waals surface area contributed by atoms with E-state index in [2.05, 4.69) is 0 Å². The molecule has 0 radical (unpaired) electrons. The average Bonchev–Trinajstić information content (AvgIpc) is 2.43. The van der Waals surface area contributed by atoms with Crippen molar-refractivity contribution in [2.45, 2.75) is 13.3 Å². The van der Waals surface area contributed by atoms with Crippen LogP contribution in [0.1, 0.15) is 28.4 Å². The normalized spacial score (nSPS) is 10.4. The molecule has 0 spiro atoms. The lowest BCUT2D eigenvalue weighted by Gasteiger charge is -2.11. The third-order valence-electron chi connectivity index (χ3n) is 2.99. The van der Waals surface area contributed by atoms with Gasteiger partial charge < -0.3 is 15.3 Å². The molecule has 2 rings (SSSR count). The molecule has 4 nitrogen and oxygen atoms in total. The second-order valence-corrected chi connectivity index (χ2v) is 4.17. The summed E-state index contributed by atoms with van der Waals surface area (Å²) in [6.07, 6.45) is 0.352. The van der Waals surface area contributed by atoms with E-state index in [1.807, 2.05) is 0 Å². The Hall–Kier alpha value is -2.49. The minimum absolute atomic E-state index is 0.113. The van der Waals surface area contributed by atoms with Gasteiger partial charge in [0.1, 0.15) is 5.75 Å². The number of phenolic OH excluding ortho intramolecular Hbond substituents is 3. The highest BCUT2D eigenvalue weighted by Crippen LogP contribution is 2.39. The molecule has 98 valence electrons. The molecule has 19 heavy (non-hydrogen) atoms. The SMILES string of the molecule is CCc1c(O)cc(C(=O)c2ccccc2)c(O)c1O. The number of ketones is 1. The van der Waals surface area contributed by atoms with Crippen molar-refractivity contribution < 1.29 is 20.1 Å². The van der Waals surface area contributed by atoms with Crippen molar-refractivity contribution in [2.75, 3.05) is 0 Å². The summed E-state index contributed by atoms with van der Waals surface area (Å²) in [5.74, 6) is -1.59. The first-order valence-corrected chi connectivity index (χ1v) is 5.92. The Morgan fingerprint density at radius 3 is 2.26 bits per heavy atom. The van der Waals surface area contributed by atoms with Gasteiger partial charge in [-0.15, -0.1) is 0 Å². The molecule has 0 bridgehead atoms. The fraction of sp³-hybridized carbons (Fsp3) is 0.133. The highest BCUT2D eigenvalue weighted by Gasteiger charge is 2.21. The number of hydrogen-bond donors (Lipinski definition) is 3. The van der Waals surface area contributed by atoms with Gasteiger partial charge in [0.2, 0.25) is 0 Å². The molecule has 2 aromatic rings. The van der Waals surface area contributed by atoms with Gasteiger partial charge in [0.05, 0.1) is 5.56 Å². The van der Waals surface area contributed by atoms with Gasteiger partial charge in [0.15, 0.2) is 17.3 Å². The first-order chi connectivity index (χ1) is 9.06. The molecule has 0 atom stereocenters. The summed E-state index contributed by atoms with van der Waals surface area (Å²) >= 11 is 0. The molecule has 0 heterocycles. The van der Waals surface area contributed by atoms with Crippen molar-refractivity contribution in [3.63, 3.8) is 0 Å². The third-order valence-corrected chi connectivity index (χ3v) is 2.99. The van der Waals surface area contributed by atoms with Crippen LogP contribution in [0.4, 0.5) is 0 Å². The largest absolute Gasteiger partial charge is 0.508 e. The lowest BCUT2D eigenvalue weighted by molar-refractivity contribution is 0.103. The molecule has 0 saturated carbocycles. The fourth-order valence-electron chi connectivity index (χ4n) is 1.95. The van der Waals surface area contributed by atoms with Crippen molar-refractivity contribution in [1.82, 2.24) is 0 Å². The minimum atomic E-state index is -0.497. The van der Waals surface area contributed by atoms with E-state index < -0.39 is 17.3 Å². The third kappa shape index (κ3) is 2.25. The van der Waals surface area contributed by atoms with E-state index in [-0.39, 0.29) is 16.9 Å². The number of hydrogen-bond acceptors (Lipinski definition) is 4. The molecule has 0 aliphatic rings. The topological polar surface area (TPSA) is 77.8 Å². The molecule has 3 N–H and O–H groups in total. The standard InChI is InChI=1S/C15H14O4/c1-2-10-12(16)8-11(15(19)14(10)18)13(17)9-6-4-3-5-7-9/h3-8,16,18-19H,2H2,1H3. The van der Waals surface area contributed by atoms with E-state index in [1.165, 1.54) is 6.07 Å². The van der Waals surface area contributed by atoms with Gasteiger partial charge in [0.25, 0.3) is 0 Å². The van der Waals surface area contributed by atoms with Crippen molar-refractivity contribution in [3.8, 4) is 17.2 Å². The summed E-state index contributed by atoms with van der Waals surface area (Å²) in [4.78, 5) is 12.2. The van der Waals surface area contributed by atoms with Gasteiger partial charge in [-0.2, -0.15) is 0 Å². The van der Waals surface area contributed by atoms with Crippen molar-refractivity contribution >= 4 is 5.78 Å². The first-order valence-electron chi connectivity index (χ1n) is 5.92. The Labute approximate surface area is 110 Å². The highest BCUT2D eigenvalue weighted by atomic mass is 16.3. The lowest BCUT2D eigenvalue weighted by Crippen LogP contribution is -2.02. The quantitative estimate of drug-likeness (QED) is 0.449. The monoisotopic (exact) mass is 258 g/mol. The number of rotatable bonds is 3. The predicted molar refractivity (Wildman–Crippen MR) is 70.7 cm³/mol. The van der Waals surface area contributed by atoms with Crippen molar-refractivity contribution in [1.29, 1.82) is 0 Å². The molecule has 4 heteroatoms. The maximum absolute atomic E-state index is 12.2. The van der Waals surface area contributed by atoms with Crippen molar-refractivity contribution in [3.05, 3.63) is 53.1 Å². The summed E-state index contributed by atoms with van der Waals surface area (Å²) in [6.45, 7) is 1.73. The van der Waals surface area contributed by atoms with Crippen LogP contribution in [0.2, 0.25) is 0 Å². The van der Waals surface area contributed by atoms with Crippen LogP contribution in [0.5, 0.6) is 17.2 Å². The molecular formula is C15H14O4. The Balaban J connectivity index is 2.56. The van der Waals surface area contributed by atoms with Crippen LogP contribution in [0.15, 0.2) is 36.4 Å². The minimum Gasteiger partial charge on any atom is -0.508 e. The van der Waals surface area contributed by atoms with Gasteiger partial charge in [-0.3, -0.25) is 4.79 Å². The summed E-state index contributed by atoms with van der Waals surface area (Å²) in [5, 5.41) is 29.4. The molecule has 2 aromatic carbocycles. The van der Waals surface area contributed by atoms with Crippen LogP contribution in [0.3, 0.4) is 0 Å². The predicted octanol–water partition coefficient (Wildman–Crippen LogP) is 2.60. The van der Waals surface area contributed by atoms with Crippen LogP contribution < -0.4 is 0 Å². The molecule has 0 aliphatic heterocycles. The summed E-state index contributed by atoms with van der Waals surface area (Å²) in [5.41, 5.74) is 0.487. The number of phenols is 3. The molecule has 0 amide bonds. The van der Waals surface area contributed by atoms with E-state index in [9.17, 15) is 20.1 Å². The highest BCUT2D eigenvalue weighted by molar-refractivity contribution is 6.11.